The van der Waals surface area contributed by atoms with Crippen LogP contribution in [0.3, 0.4) is 0 Å². The fourth-order valence-electron chi connectivity index (χ4n) is 1.45. The molecule has 1 unspecified atom stereocenters. The largest absolute Gasteiger partial charge is 0.465 e. The van der Waals surface area contributed by atoms with Crippen LogP contribution >= 0.6 is 0 Å². The van der Waals surface area contributed by atoms with E-state index >= 15 is 0 Å². The zero-order chi connectivity index (χ0) is 15.2. The number of ether oxygens (including phenoxy) is 3. The molecule has 0 saturated heterocycles. The first-order chi connectivity index (χ1) is 9.63. The number of hydrogen-bond donors (Lipinski definition) is 0. The molecule has 1 atom stereocenters. The summed E-state index contributed by atoms with van der Waals surface area (Å²) in [5.74, 6) is 6.24. The average Bonchev–Trinajstić information content (AvgIpc) is 2.47. The number of carbonyl (C=O) groups excluding carboxylic acids is 1. The summed E-state index contributed by atoms with van der Waals surface area (Å²) in [6.07, 6.45) is 4.72. The SMILES string of the molecule is CCC(C)COC(=O)CCCCCC#CC(OC)OC. The summed E-state index contributed by atoms with van der Waals surface area (Å²) >= 11 is 0. The molecule has 0 fully saturated rings. The molecular formula is C16H28O4. The normalized spacial score (nSPS) is 11.8. The Labute approximate surface area is 123 Å². The van der Waals surface area contributed by atoms with E-state index in [1.54, 1.807) is 14.2 Å². The third-order valence-electron chi connectivity index (χ3n) is 3.06. The van der Waals surface area contributed by atoms with Gasteiger partial charge in [0.05, 0.1) is 6.61 Å². The van der Waals surface area contributed by atoms with Crippen molar-refractivity contribution in [2.45, 2.75) is 58.7 Å². The van der Waals surface area contributed by atoms with Gasteiger partial charge in [-0.2, -0.15) is 0 Å². The van der Waals surface area contributed by atoms with Gasteiger partial charge in [0.1, 0.15) is 0 Å². The van der Waals surface area contributed by atoms with Crippen LogP contribution in [0.15, 0.2) is 0 Å². The molecule has 20 heavy (non-hydrogen) atoms. The zero-order valence-electron chi connectivity index (χ0n) is 13.2. The van der Waals surface area contributed by atoms with Gasteiger partial charge in [0.2, 0.25) is 6.29 Å². The highest BCUT2D eigenvalue weighted by molar-refractivity contribution is 5.69. The molecule has 0 aliphatic carbocycles. The first-order valence-electron chi connectivity index (χ1n) is 7.33. The monoisotopic (exact) mass is 284 g/mol. The summed E-state index contributed by atoms with van der Waals surface area (Å²) in [6, 6.07) is 0. The summed E-state index contributed by atoms with van der Waals surface area (Å²) in [4.78, 5) is 11.4. The topological polar surface area (TPSA) is 44.8 Å². The van der Waals surface area contributed by atoms with Crippen LogP contribution in [-0.2, 0) is 19.0 Å². The van der Waals surface area contributed by atoms with Gasteiger partial charge in [-0.3, -0.25) is 4.79 Å². The molecule has 0 radical (unpaired) electrons. The first-order valence-corrected chi connectivity index (χ1v) is 7.33. The lowest BCUT2D eigenvalue weighted by atomic mass is 10.1. The minimum atomic E-state index is -0.439. The molecule has 0 aromatic heterocycles. The van der Waals surface area contributed by atoms with E-state index < -0.39 is 6.29 Å². The van der Waals surface area contributed by atoms with Crippen molar-refractivity contribution in [1.82, 2.24) is 0 Å². The molecule has 4 heteroatoms. The lowest BCUT2D eigenvalue weighted by molar-refractivity contribution is -0.145. The number of hydrogen-bond acceptors (Lipinski definition) is 4. The standard InChI is InChI=1S/C16H28O4/c1-5-14(2)13-20-15(17)11-9-7-6-8-10-12-16(18-3)19-4/h14,16H,5-9,11,13H2,1-4H3. The van der Waals surface area contributed by atoms with E-state index in [1.807, 2.05) is 0 Å². The molecule has 0 rings (SSSR count). The lowest BCUT2D eigenvalue weighted by Gasteiger charge is -2.09. The van der Waals surface area contributed by atoms with Crippen LogP contribution in [0.1, 0.15) is 52.4 Å². The van der Waals surface area contributed by atoms with E-state index in [-0.39, 0.29) is 5.97 Å². The molecule has 0 heterocycles. The van der Waals surface area contributed by atoms with Crippen LogP contribution in [0.25, 0.3) is 0 Å². The summed E-state index contributed by atoms with van der Waals surface area (Å²) in [7, 11) is 3.13. The van der Waals surface area contributed by atoms with E-state index in [9.17, 15) is 4.79 Å². The second-order valence-corrected chi connectivity index (χ2v) is 4.88. The van der Waals surface area contributed by atoms with E-state index in [4.69, 9.17) is 14.2 Å². The van der Waals surface area contributed by atoms with Crippen molar-refractivity contribution in [1.29, 1.82) is 0 Å². The van der Waals surface area contributed by atoms with Crippen LogP contribution in [0.2, 0.25) is 0 Å². The Morgan fingerprint density at radius 1 is 1.15 bits per heavy atom. The number of rotatable bonds is 10. The maximum absolute atomic E-state index is 11.4. The third kappa shape index (κ3) is 10.8. The van der Waals surface area contributed by atoms with Crippen LogP contribution in [0, 0.1) is 17.8 Å². The van der Waals surface area contributed by atoms with Gasteiger partial charge in [0.25, 0.3) is 0 Å². The molecular weight excluding hydrogens is 256 g/mol. The van der Waals surface area contributed by atoms with Crippen molar-refractivity contribution in [2.75, 3.05) is 20.8 Å². The summed E-state index contributed by atoms with van der Waals surface area (Å²) in [6.45, 7) is 4.72. The highest BCUT2D eigenvalue weighted by atomic mass is 16.7. The van der Waals surface area contributed by atoms with Crippen molar-refractivity contribution >= 4 is 5.97 Å². The second-order valence-electron chi connectivity index (χ2n) is 4.88. The minimum absolute atomic E-state index is 0.0878. The molecule has 0 bridgehead atoms. The van der Waals surface area contributed by atoms with Gasteiger partial charge in [-0.15, -0.1) is 0 Å². The molecule has 0 aromatic carbocycles. The molecule has 116 valence electrons. The van der Waals surface area contributed by atoms with Crippen molar-refractivity contribution in [2.24, 2.45) is 5.92 Å². The molecule has 4 nitrogen and oxygen atoms in total. The minimum Gasteiger partial charge on any atom is -0.465 e. The Kier molecular flexibility index (Phi) is 12.3. The fourth-order valence-corrected chi connectivity index (χ4v) is 1.45. The van der Waals surface area contributed by atoms with Crippen molar-refractivity contribution in [3.8, 4) is 11.8 Å². The molecule has 0 N–H and O–H groups in total. The smallest absolute Gasteiger partial charge is 0.305 e. The molecule has 0 spiro atoms. The summed E-state index contributed by atoms with van der Waals surface area (Å²) in [5.41, 5.74) is 0. The summed E-state index contributed by atoms with van der Waals surface area (Å²) < 4.78 is 15.1. The molecule has 0 aromatic rings. The van der Waals surface area contributed by atoms with Crippen molar-refractivity contribution < 1.29 is 19.0 Å². The predicted molar refractivity (Wildman–Crippen MR) is 79.1 cm³/mol. The Bertz CT molecular complexity index is 299. The van der Waals surface area contributed by atoms with Crippen molar-refractivity contribution in [3.63, 3.8) is 0 Å². The maximum atomic E-state index is 11.4. The van der Waals surface area contributed by atoms with Gasteiger partial charge >= 0.3 is 5.97 Å². The first kappa shape index (κ1) is 18.9. The molecule has 0 amide bonds. The number of carbonyl (C=O) groups is 1. The highest BCUT2D eigenvalue weighted by Gasteiger charge is 2.05. The maximum Gasteiger partial charge on any atom is 0.305 e. The van der Waals surface area contributed by atoms with E-state index in [2.05, 4.69) is 25.7 Å². The highest BCUT2D eigenvalue weighted by Crippen LogP contribution is 2.06. The van der Waals surface area contributed by atoms with Gasteiger partial charge in [-0.1, -0.05) is 32.6 Å². The predicted octanol–water partition coefficient (Wildman–Crippen LogP) is 3.15. The van der Waals surface area contributed by atoms with Crippen LogP contribution in [0.4, 0.5) is 0 Å². The summed E-state index contributed by atoms with van der Waals surface area (Å²) in [5, 5.41) is 0. The van der Waals surface area contributed by atoms with Gasteiger partial charge in [-0.25, -0.2) is 0 Å². The zero-order valence-corrected chi connectivity index (χ0v) is 13.2. The Balaban J connectivity index is 3.50. The second kappa shape index (κ2) is 13.0. The number of esters is 1. The number of methoxy groups -OCH3 is 2. The average molecular weight is 284 g/mol. The Morgan fingerprint density at radius 3 is 2.45 bits per heavy atom. The van der Waals surface area contributed by atoms with Gasteiger partial charge in [-0.05, 0) is 24.7 Å². The quantitative estimate of drug-likeness (QED) is 0.267. The van der Waals surface area contributed by atoms with Crippen LogP contribution in [0.5, 0.6) is 0 Å². The third-order valence-corrected chi connectivity index (χ3v) is 3.06. The van der Waals surface area contributed by atoms with E-state index in [1.165, 1.54) is 0 Å². The Hall–Kier alpha value is -1.05. The number of unbranched alkanes of at least 4 members (excludes halogenated alkanes) is 3. The van der Waals surface area contributed by atoms with Crippen LogP contribution in [-0.4, -0.2) is 33.1 Å². The molecule has 0 saturated carbocycles. The van der Waals surface area contributed by atoms with Gasteiger partial charge in [0, 0.05) is 27.1 Å². The van der Waals surface area contributed by atoms with Gasteiger partial charge < -0.3 is 14.2 Å². The van der Waals surface area contributed by atoms with E-state index in [0.29, 0.717) is 18.9 Å². The van der Waals surface area contributed by atoms with Gasteiger partial charge in [0.15, 0.2) is 0 Å². The van der Waals surface area contributed by atoms with Crippen molar-refractivity contribution in [3.05, 3.63) is 0 Å². The lowest BCUT2D eigenvalue weighted by Crippen LogP contribution is -2.11. The fraction of sp³-hybridized carbons (Fsp3) is 0.812. The Morgan fingerprint density at radius 2 is 1.85 bits per heavy atom. The molecule has 0 aliphatic heterocycles. The van der Waals surface area contributed by atoms with E-state index in [0.717, 1.165) is 32.1 Å². The molecule has 0 aliphatic rings. The van der Waals surface area contributed by atoms with Crippen LogP contribution < -0.4 is 0 Å².